The second kappa shape index (κ2) is 5.63. The average Bonchev–Trinajstić information content (AvgIpc) is 2.68. The minimum absolute atomic E-state index is 0.239. The lowest BCUT2D eigenvalue weighted by atomic mass is 10.1. The molecule has 1 aliphatic heterocycles. The van der Waals surface area contributed by atoms with E-state index < -0.39 is 5.60 Å². The number of rotatable bonds is 1. The Kier molecular flexibility index (Phi) is 4.27. The van der Waals surface area contributed by atoms with Crippen LogP contribution in [0.2, 0.25) is 0 Å². The van der Waals surface area contributed by atoms with Crippen LogP contribution in [0.3, 0.4) is 0 Å². The number of nitrogen functional groups attached to an aromatic ring is 1. The molecule has 1 saturated heterocycles. The van der Waals surface area contributed by atoms with Crippen molar-refractivity contribution < 1.29 is 9.53 Å². The van der Waals surface area contributed by atoms with Crippen LogP contribution in [0.1, 0.15) is 39.7 Å². The van der Waals surface area contributed by atoms with Crippen molar-refractivity contribution in [3.8, 4) is 0 Å². The van der Waals surface area contributed by atoms with Gasteiger partial charge < -0.3 is 15.4 Å². The average molecular weight is 345 g/mol. The molecule has 0 saturated carbocycles. The second-order valence-corrected chi connectivity index (χ2v) is 6.90. The highest BCUT2D eigenvalue weighted by Gasteiger charge is 2.28. The highest BCUT2D eigenvalue weighted by molar-refractivity contribution is 9.10. The van der Waals surface area contributed by atoms with Crippen molar-refractivity contribution in [3.05, 3.63) is 10.7 Å². The highest BCUT2D eigenvalue weighted by Crippen LogP contribution is 2.26. The van der Waals surface area contributed by atoms with E-state index in [1.165, 1.54) is 0 Å². The summed E-state index contributed by atoms with van der Waals surface area (Å²) in [6.07, 6.45) is 3.36. The number of carbonyl (C=O) groups excluding carboxylic acids is 1. The number of piperidine rings is 1. The number of nitrogens with zero attached hydrogens (tertiary/aromatic N) is 3. The van der Waals surface area contributed by atoms with Crippen molar-refractivity contribution in [3.63, 3.8) is 0 Å². The normalized spacial score (nSPS) is 17.3. The minimum Gasteiger partial charge on any atom is -0.444 e. The molecule has 2 N–H and O–H groups in total. The lowest BCUT2D eigenvalue weighted by Crippen LogP contribution is -2.42. The van der Waals surface area contributed by atoms with Crippen LogP contribution in [0.15, 0.2) is 10.7 Å². The molecular weight excluding hydrogens is 324 g/mol. The summed E-state index contributed by atoms with van der Waals surface area (Å²) in [4.78, 5) is 13.7. The zero-order valence-electron chi connectivity index (χ0n) is 12.1. The summed E-state index contributed by atoms with van der Waals surface area (Å²) >= 11 is 3.36. The number of hydrogen-bond acceptors (Lipinski definition) is 4. The molecule has 7 heteroatoms. The Morgan fingerprint density at radius 2 is 2.05 bits per heavy atom. The molecule has 2 rings (SSSR count). The fourth-order valence-electron chi connectivity index (χ4n) is 2.21. The molecule has 0 bridgehead atoms. The quantitative estimate of drug-likeness (QED) is 0.849. The molecule has 1 fully saturated rings. The van der Waals surface area contributed by atoms with Crippen LogP contribution < -0.4 is 5.73 Å². The SMILES string of the molecule is CC(C)(C)OC(=O)N1CCC(n2cc(Br)c(N)n2)CC1. The summed E-state index contributed by atoms with van der Waals surface area (Å²) in [5.41, 5.74) is 5.28. The summed E-state index contributed by atoms with van der Waals surface area (Å²) < 4.78 is 8.07. The molecular formula is C13H21BrN4O2. The van der Waals surface area contributed by atoms with E-state index in [1.54, 1.807) is 4.90 Å². The van der Waals surface area contributed by atoms with Gasteiger partial charge in [-0.3, -0.25) is 4.68 Å². The van der Waals surface area contributed by atoms with Crippen molar-refractivity contribution in [2.24, 2.45) is 0 Å². The largest absolute Gasteiger partial charge is 0.444 e. The molecule has 112 valence electrons. The number of hydrogen-bond donors (Lipinski definition) is 1. The van der Waals surface area contributed by atoms with E-state index in [2.05, 4.69) is 21.0 Å². The van der Waals surface area contributed by atoms with Crippen LogP contribution in [-0.4, -0.2) is 39.5 Å². The predicted octanol–water partition coefficient (Wildman–Crippen LogP) is 2.80. The molecule has 0 atom stereocenters. The van der Waals surface area contributed by atoms with Crippen molar-refractivity contribution in [1.29, 1.82) is 0 Å². The van der Waals surface area contributed by atoms with Crippen LogP contribution in [0.25, 0.3) is 0 Å². The molecule has 1 aromatic rings. The van der Waals surface area contributed by atoms with Gasteiger partial charge in [0.1, 0.15) is 5.60 Å². The molecule has 1 amide bonds. The van der Waals surface area contributed by atoms with E-state index in [-0.39, 0.29) is 12.1 Å². The number of halogens is 1. The van der Waals surface area contributed by atoms with Crippen molar-refractivity contribution in [2.45, 2.75) is 45.3 Å². The monoisotopic (exact) mass is 344 g/mol. The lowest BCUT2D eigenvalue weighted by Gasteiger charge is -2.33. The number of ether oxygens (including phenoxy) is 1. The number of aromatic nitrogens is 2. The predicted molar refractivity (Wildman–Crippen MR) is 80.4 cm³/mol. The highest BCUT2D eigenvalue weighted by atomic mass is 79.9. The van der Waals surface area contributed by atoms with Crippen molar-refractivity contribution >= 4 is 27.8 Å². The van der Waals surface area contributed by atoms with Gasteiger partial charge in [-0.2, -0.15) is 5.10 Å². The van der Waals surface area contributed by atoms with Crippen LogP contribution in [-0.2, 0) is 4.74 Å². The molecule has 20 heavy (non-hydrogen) atoms. The molecule has 0 aromatic carbocycles. The van der Waals surface area contributed by atoms with Gasteiger partial charge in [-0.25, -0.2) is 4.79 Å². The molecule has 1 aliphatic rings. The summed E-state index contributed by atoms with van der Waals surface area (Å²) in [6, 6.07) is 0.280. The van der Waals surface area contributed by atoms with Crippen LogP contribution in [0.4, 0.5) is 10.6 Å². The molecule has 0 unspecified atom stereocenters. The molecule has 0 spiro atoms. The van der Waals surface area contributed by atoms with Gasteiger partial charge in [0.2, 0.25) is 0 Å². The third-order valence-corrected chi connectivity index (χ3v) is 3.81. The fourth-order valence-corrected chi connectivity index (χ4v) is 2.50. The summed E-state index contributed by atoms with van der Waals surface area (Å²) in [5, 5.41) is 4.28. The van der Waals surface area contributed by atoms with Gasteiger partial charge in [0.05, 0.1) is 10.5 Å². The van der Waals surface area contributed by atoms with E-state index in [0.29, 0.717) is 18.9 Å². The Labute approximate surface area is 127 Å². The zero-order chi connectivity index (χ0) is 14.9. The van der Waals surface area contributed by atoms with Gasteiger partial charge in [0.15, 0.2) is 5.82 Å². The zero-order valence-corrected chi connectivity index (χ0v) is 13.7. The maximum atomic E-state index is 12.0. The minimum atomic E-state index is -0.449. The first-order valence-electron chi connectivity index (χ1n) is 6.74. The number of likely N-dealkylation sites (tertiary alicyclic amines) is 1. The van der Waals surface area contributed by atoms with E-state index in [9.17, 15) is 4.79 Å². The van der Waals surface area contributed by atoms with E-state index in [4.69, 9.17) is 10.5 Å². The molecule has 0 radical (unpaired) electrons. The number of carbonyl (C=O) groups is 1. The maximum absolute atomic E-state index is 12.0. The Bertz CT molecular complexity index is 468. The topological polar surface area (TPSA) is 73.4 Å². The molecule has 6 nitrogen and oxygen atoms in total. The Morgan fingerprint density at radius 1 is 1.45 bits per heavy atom. The van der Waals surface area contributed by atoms with Crippen molar-refractivity contribution in [1.82, 2.24) is 14.7 Å². The molecule has 1 aromatic heterocycles. The van der Waals surface area contributed by atoms with Gasteiger partial charge >= 0.3 is 6.09 Å². The Hall–Kier alpha value is -1.24. The maximum Gasteiger partial charge on any atom is 0.410 e. The van der Waals surface area contributed by atoms with Gasteiger partial charge in [-0.05, 0) is 49.5 Å². The van der Waals surface area contributed by atoms with E-state index in [1.807, 2.05) is 31.6 Å². The van der Waals surface area contributed by atoms with Crippen molar-refractivity contribution in [2.75, 3.05) is 18.8 Å². The number of nitrogens with two attached hydrogens (primary N) is 1. The van der Waals surface area contributed by atoms with E-state index in [0.717, 1.165) is 17.3 Å². The van der Waals surface area contributed by atoms with Crippen LogP contribution >= 0.6 is 15.9 Å². The molecule has 2 heterocycles. The third kappa shape index (κ3) is 3.65. The van der Waals surface area contributed by atoms with Gasteiger partial charge in [0.25, 0.3) is 0 Å². The number of anilines is 1. The smallest absolute Gasteiger partial charge is 0.410 e. The third-order valence-electron chi connectivity index (χ3n) is 3.20. The lowest BCUT2D eigenvalue weighted by molar-refractivity contribution is 0.0185. The van der Waals surface area contributed by atoms with Gasteiger partial charge in [0, 0.05) is 19.3 Å². The Morgan fingerprint density at radius 3 is 2.50 bits per heavy atom. The summed E-state index contributed by atoms with van der Waals surface area (Å²) in [6.45, 7) is 6.99. The van der Waals surface area contributed by atoms with E-state index >= 15 is 0 Å². The fraction of sp³-hybridized carbons (Fsp3) is 0.692. The standard InChI is InChI=1S/C13H21BrN4O2/c1-13(2,3)20-12(19)17-6-4-9(5-7-17)18-8-10(14)11(15)16-18/h8-9H,4-7H2,1-3H3,(H2,15,16). The summed E-state index contributed by atoms with van der Waals surface area (Å²) in [7, 11) is 0. The van der Waals surface area contributed by atoms with Gasteiger partial charge in [-0.1, -0.05) is 0 Å². The first-order valence-corrected chi connectivity index (χ1v) is 7.53. The Balaban J connectivity index is 1.91. The van der Waals surface area contributed by atoms with Gasteiger partial charge in [-0.15, -0.1) is 0 Å². The van der Waals surface area contributed by atoms with Crippen LogP contribution in [0, 0.1) is 0 Å². The molecule has 0 aliphatic carbocycles. The summed E-state index contributed by atoms with van der Waals surface area (Å²) in [5.74, 6) is 0.500. The first-order chi connectivity index (χ1) is 9.26. The second-order valence-electron chi connectivity index (χ2n) is 6.04. The van der Waals surface area contributed by atoms with Crippen LogP contribution in [0.5, 0.6) is 0 Å². The first kappa shape index (κ1) is 15.2. The number of amides is 1.